The Balaban J connectivity index is 1.73. The van der Waals surface area contributed by atoms with E-state index in [0.717, 1.165) is 6.42 Å². The second kappa shape index (κ2) is 8.01. The number of unbranched alkanes of at least 4 members (excludes halogenated alkanes) is 1. The van der Waals surface area contributed by atoms with E-state index in [-0.39, 0.29) is 17.6 Å². The molecule has 2 rings (SSSR count). The van der Waals surface area contributed by atoms with Crippen LogP contribution in [0.3, 0.4) is 0 Å². The summed E-state index contributed by atoms with van der Waals surface area (Å²) in [6, 6.07) is 6.82. The molecule has 0 atom stereocenters. The second-order valence-corrected chi connectivity index (χ2v) is 10.3. The Morgan fingerprint density at radius 2 is 1.68 bits per heavy atom. The van der Waals surface area contributed by atoms with Crippen molar-refractivity contribution in [3.05, 3.63) is 35.4 Å². The molecule has 0 spiro atoms. The number of fused-ring (bicyclic) bond motifs is 1. The third-order valence-electron chi connectivity index (χ3n) is 3.88. The molecule has 0 fully saturated rings. The van der Waals surface area contributed by atoms with Crippen LogP contribution in [0.15, 0.2) is 24.3 Å². The van der Waals surface area contributed by atoms with Gasteiger partial charge in [0.05, 0.1) is 11.1 Å². The average Bonchev–Trinajstić information content (AvgIpc) is 2.77. The van der Waals surface area contributed by atoms with E-state index >= 15 is 0 Å². The molecule has 1 aliphatic rings. The van der Waals surface area contributed by atoms with E-state index in [1.165, 1.54) is 4.90 Å². The summed E-state index contributed by atoms with van der Waals surface area (Å²) in [5, 5.41) is 3.24. The number of amides is 2. The van der Waals surface area contributed by atoms with E-state index in [0.29, 0.717) is 42.0 Å². The molecular formula is C16H23N2O5PS. The summed E-state index contributed by atoms with van der Waals surface area (Å²) < 4.78 is 10.9. The highest BCUT2D eigenvalue weighted by Crippen LogP contribution is 2.51. The number of carbonyl (C=O) groups excluding carboxylic acids is 2. The zero-order chi connectivity index (χ0) is 18.7. The Morgan fingerprint density at radius 3 is 2.20 bits per heavy atom. The van der Waals surface area contributed by atoms with E-state index in [4.69, 9.17) is 9.79 Å². The van der Waals surface area contributed by atoms with Gasteiger partial charge in [-0.3, -0.25) is 14.5 Å². The van der Waals surface area contributed by atoms with Gasteiger partial charge in [0.25, 0.3) is 11.8 Å². The van der Waals surface area contributed by atoms with Gasteiger partial charge >= 0.3 is 6.80 Å². The van der Waals surface area contributed by atoms with Crippen LogP contribution in [0.5, 0.6) is 0 Å². The summed E-state index contributed by atoms with van der Waals surface area (Å²) in [5.41, 5.74) is 0.504. The van der Waals surface area contributed by atoms with Gasteiger partial charge in [-0.25, -0.2) is 4.57 Å². The number of benzene rings is 1. The van der Waals surface area contributed by atoms with Gasteiger partial charge in [-0.05, 0) is 56.7 Å². The monoisotopic (exact) mass is 386 g/mol. The van der Waals surface area contributed by atoms with Gasteiger partial charge in [-0.1, -0.05) is 12.1 Å². The van der Waals surface area contributed by atoms with Crippen LogP contribution in [0.2, 0.25) is 0 Å². The zero-order valence-electron chi connectivity index (χ0n) is 14.3. The molecule has 25 heavy (non-hydrogen) atoms. The first kappa shape index (κ1) is 20.1. The smallest absolute Gasteiger partial charge is 0.317 e. The minimum absolute atomic E-state index is 0.244. The molecule has 0 saturated carbocycles. The van der Waals surface area contributed by atoms with Crippen molar-refractivity contribution in [2.24, 2.45) is 0 Å². The molecule has 0 bridgehead atoms. The summed E-state index contributed by atoms with van der Waals surface area (Å²) >= 11 is 0.625. The molecule has 9 heteroatoms. The molecular weight excluding hydrogens is 363 g/mol. The first-order valence-corrected chi connectivity index (χ1v) is 11.2. The third-order valence-corrected chi connectivity index (χ3v) is 6.47. The molecule has 1 aliphatic heterocycles. The van der Waals surface area contributed by atoms with Crippen LogP contribution in [0.1, 0.15) is 47.4 Å². The van der Waals surface area contributed by atoms with E-state index < -0.39 is 12.3 Å². The Labute approximate surface area is 151 Å². The van der Waals surface area contributed by atoms with E-state index in [1.807, 2.05) is 13.8 Å². The summed E-state index contributed by atoms with van der Waals surface area (Å²) in [7, 11) is 0. The SMILES string of the molecule is CC(C)(CSP(=O)(O)O)NCCCCN1C(=O)c2ccccc2C1=O. The lowest BCUT2D eigenvalue weighted by molar-refractivity contribution is 0.0651. The van der Waals surface area contributed by atoms with Crippen LogP contribution in [-0.2, 0) is 4.57 Å². The fraction of sp³-hybridized carbons (Fsp3) is 0.500. The normalized spacial score (nSPS) is 15.0. The first-order chi connectivity index (χ1) is 11.6. The quantitative estimate of drug-likeness (QED) is 0.339. The number of rotatable bonds is 9. The summed E-state index contributed by atoms with van der Waals surface area (Å²) in [5.74, 6) is -0.200. The predicted octanol–water partition coefficient (Wildman–Crippen LogP) is 2.26. The van der Waals surface area contributed by atoms with Crippen molar-refractivity contribution in [1.82, 2.24) is 10.2 Å². The lowest BCUT2D eigenvalue weighted by Gasteiger charge is -2.26. The molecule has 0 saturated heterocycles. The molecule has 0 aromatic heterocycles. The fourth-order valence-corrected chi connectivity index (χ4v) is 4.63. The highest BCUT2D eigenvalue weighted by atomic mass is 32.7. The lowest BCUT2D eigenvalue weighted by atomic mass is 10.1. The summed E-state index contributed by atoms with van der Waals surface area (Å²) in [6.07, 6.45) is 1.41. The van der Waals surface area contributed by atoms with Crippen molar-refractivity contribution in [1.29, 1.82) is 0 Å². The highest BCUT2D eigenvalue weighted by molar-refractivity contribution is 8.54. The van der Waals surface area contributed by atoms with Crippen molar-refractivity contribution >= 4 is 30.0 Å². The lowest BCUT2D eigenvalue weighted by Crippen LogP contribution is -2.42. The maximum absolute atomic E-state index is 12.2. The van der Waals surface area contributed by atoms with E-state index in [1.54, 1.807) is 24.3 Å². The van der Waals surface area contributed by atoms with Crippen molar-refractivity contribution in [3.63, 3.8) is 0 Å². The van der Waals surface area contributed by atoms with Gasteiger partial charge < -0.3 is 15.1 Å². The molecule has 7 nitrogen and oxygen atoms in total. The molecule has 1 aromatic carbocycles. The maximum Gasteiger partial charge on any atom is 0.384 e. The van der Waals surface area contributed by atoms with Crippen LogP contribution in [0.4, 0.5) is 0 Å². The van der Waals surface area contributed by atoms with Gasteiger partial charge in [0.15, 0.2) is 0 Å². The van der Waals surface area contributed by atoms with Crippen molar-refractivity contribution in [2.45, 2.75) is 32.2 Å². The van der Waals surface area contributed by atoms with Crippen molar-refractivity contribution in [3.8, 4) is 0 Å². The van der Waals surface area contributed by atoms with Crippen molar-refractivity contribution < 1.29 is 23.9 Å². The van der Waals surface area contributed by atoms with Crippen LogP contribution >= 0.6 is 18.2 Å². The standard InChI is InChI=1S/C16H23N2O5PS/c1-16(2,11-25-24(21,22)23)17-9-5-6-10-18-14(19)12-7-3-4-8-13(12)15(18)20/h3-4,7-8,17H,5-6,9-11H2,1-2H3,(H2,21,22,23). The molecule has 1 aromatic rings. The molecule has 2 amide bonds. The zero-order valence-corrected chi connectivity index (χ0v) is 16.0. The number of nitrogens with zero attached hydrogens (tertiary/aromatic N) is 1. The van der Waals surface area contributed by atoms with Gasteiger partial charge in [0.2, 0.25) is 0 Å². The number of nitrogens with one attached hydrogen (secondary N) is 1. The molecule has 0 aliphatic carbocycles. The van der Waals surface area contributed by atoms with Gasteiger partial charge in [0, 0.05) is 17.8 Å². The van der Waals surface area contributed by atoms with Crippen LogP contribution in [0.25, 0.3) is 0 Å². The third kappa shape index (κ3) is 5.66. The van der Waals surface area contributed by atoms with Crippen LogP contribution < -0.4 is 5.32 Å². The largest absolute Gasteiger partial charge is 0.384 e. The Kier molecular flexibility index (Phi) is 6.45. The first-order valence-electron chi connectivity index (χ1n) is 8.01. The number of hydrogen-bond donors (Lipinski definition) is 3. The fourth-order valence-electron chi connectivity index (χ4n) is 2.56. The number of carbonyl (C=O) groups is 2. The molecule has 0 radical (unpaired) electrons. The van der Waals surface area contributed by atoms with Gasteiger partial charge in [0.1, 0.15) is 0 Å². The average molecular weight is 386 g/mol. The number of imide groups is 1. The molecule has 1 heterocycles. The summed E-state index contributed by atoms with van der Waals surface area (Å²) in [4.78, 5) is 43.5. The topological polar surface area (TPSA) is 107 Å². The highest BCUT2D eigenvalue weighted by Gasteiger charge is 2.34. The minimum Gasteiger partial charge on any atom is -0.317 e. The number of hydrogen-bond acceptors (Lipinski definition) is 5. The molecule has 138 valence electrons. The Morgan fingerprint density at radius 1 is 1.12 bits per heavy atom. The van der Waals surface area contributed by atoms with E-state index in [2.05, 4.69) is 5.32 Å². The van der Waals surface area contributed by atoms with Crippen molar-refractivity contribution in [2.75, 3.05) is 18.8 Å². The second-order valence-electron chi connectivity index (χ2n) is 6.59. The minimum atomic E-state index is -4.07. The predicted molar refractivity (Wildman–Crippen MR) is 97.6 cm³/mol. The summed E-state index contributed by atoms with van der Waals surface area (Å²) in [6.45, 7) is 0.684. The Bertz CT molecular complexity index is 669. The Hall–Kier alpha value is -1.18. The van der Waals surface area contributed by atoms with Gasteiger partial charge in [-0.15, -0.1) is 0 Å². The maximum atomic E-state index is 12.2. The van der Waals surface area contributed by atoms with Crippen LogP contribution in [-0.4, -0.2) is 50.9 Å². The van der Waals surface area contributed by atoms with Gasteiger partial charge in [-0.2, -0.15) is 0 Å². The molecule has 0 unspecified atom stereocenters. The molecule has 3 N–H and O–H groups in total. The van der Waals surface area contributed by atoms with E-state index in [9.17, 15) is 14.2 Å². The van der Waals surface area contributed by atoms with Crippen LogP contribution in [0, 0.1) is 0 Å².